The molecule has 0 aliphatic carbocycles. The van der Waals surface area contributed by atoms with E-state index < -0.39 is 57.1 Å². The lowest BCUT2D eigenvalue weighted by Crippen LogP contribution is -2.44. The number of carbonyl (C=O) groups excluding carboxylic acids is 2. The normalized spacial score (nSPS) is 13.9. The number of aliphatic hydroxyl groups is 1. The monoisotopic (exact) mass is 529 g/mol. The van der Waals surface area contributed by atoms with E-state index in [1.807, 2.05) is 0 Å². The molecule has 2 aromatic carbocycles. The molecule has 0 heterocycles. The molecule has 2 aromatic rings. The van der Waals surface area contributed by atoms with E-state index in [0.717, 1.165) is 12.1 Å². The van der Waals surface area contributed by atoms with Crippen molar-refractivity contribution >= 4 is 52.4 Å². The van der Waals surface area contributed by atoms with Crippen molar-refractivity contribution in [3.05, 3.63) is 62.3 Å². The number of hydrogen-bond acceptors (Lipinski definition) is 4. The molecular weight excluding hydrogens is 513 g/mol. The summed E-state index contributed by atoms with van der Waals surface area (Å²) in [7, 11) is 0. The topological polar surface area (TPSA) is 75.6 Å². The summed E-state index contributed by atoms with van der Waals surface area (Å²) in [5.41, 5.74) is -5.89. The number of ketones is 1. The van der Waals surface area contributed by atoms with E-state index in [4.69, 9.17) is 39.5 Å². The molecule has 33 heavy (non-hydrogen) atoms. The van der Waals surface area contributed by atoms with Crippen LogP contribution in [0.1, 0.15) is 43.1 Å². The minimum atomic E-state index is -5.35. The number of Topliss-reactive ketones (excluding diaryl/α,β-unsaturated/α-hetero) is 1. The van der Waals surface area contributed by atoms with Crippen molar-refractivity contribution < 1.29 is 37.0 Å². The highest BCUT2D eigenvalue weighted by Crippen LogP contribution is 2.44. The first-order valence-corrected chi connectivity index (χ1v) is 10.3. The minimum absolute atomic E-state index is 0.0133. The zero-order chi connectivity index (χ0) is 25.4. The number of ether oxygens (including phenoxy) is 1. The van der Waals surface area contributed by atoms with Gasteiger partial charge >= 0.3 is 12.3 Å². The zero-order valence-corrected chi connectivity index (χ0v) is 19.7. The SMILES string of the molecule is CC(C)(C)OC(=O)Nc1cc(C(=O)CC(O)(c2cc(Cl)c(F)c(Cl)c2)C(F)(F)F)ccc1Cl. The van der Waals surface area contributed by atoms with Gasteiger partial charge in [-0.2, -0.15) is 13.2 Å². The van der Waals surface area contributed by atoms with Gasteiger partial charge in [-0.05, 0) is 56.7 Å². The van der Waals surface area contributed by atoms with E-state index in [2.05, 4.69) is 5.32 Å². The van der Waals surface area contributed by atoms with Crippen LogP contribution in [0.5, 0.6) is 0 Å². The molecule has 0 aliphatic heterocycles. The van der Waals surface area contributed by atoms with Gasteiger partial charge in [0, 0.05) is 5.56 Å². The van der Waals surface area contributed by atoms with Gasteiger partial charge in [-0.1, -0.05) is 34.8 Å². The molecule has 180 valence electrons. The van der Waals surface area contributed by atoms with Crippen LogP contribution >= 0.6 is 34.8 Å². The lowest BCUT2D eigenvalue weighted by molar-refractivity contribution is -0.264. The number of hydrogen-bond donors (Lipinski definition) is 2. The Balaban J connectivity index is 2.40. The summed E-state index contributed by atoms with van der Waals surface area (Å²) in [5, 5.41) is 11.3. The summed E-state index contributed by atoms with van der Waals surface area (Å²) in [5.74, 6) is -2.33. The second-order valence-corrected chi connectivity index (χ2v) is 9.25. The molecular formula is C21H18Cl3F4NO4. The standard InChI is InChI=1S/C21H18Cl3F4NO4/c1-19(2,3)33-18(31)29-15-6-10(4-5-12(15)22)16(30)9-20(32,21(26,27)28)11-7-13(23)17(25)14(24)8-11/h4-8,32H,9H2,1-3H3,(H,29,31). The molecule has 0 radical (unpaired) electrons. The van der Waals surface area contributed by atoms with Crippen molar-refractivity contribution in [3.63, 3.8) is 0 Å². The number of anilines is 1. The fourth-order valence-corrected chi connectivity index (χ4v) is 3.35. The van der Waals surface area contributed by atoms with Gasteiger partial charge in [0.2, 0.25) is 0 Å². The number of benzene rings is 2. The largest absolute Gasteiger partial charge is 0.444 e. The molecule has 0 saturated carbocycles. The molecule has 0 spiro atoms. The predicted molar refractivity (Wildman–Crippen MR) is 117 cm³/mol. The van der Waals surface area contributed by atoms with Crippen LogP contribution in [0, 0.1) is 5.82 Å². The average molecular weight is 531 g/mol. The summed E-state index contributed by atoms with van der Waals surface area (Å²) >= 11 is 17.1. The first kappa shape index (κ1) is 27.2. The van der Waals surface area contributed by atoms with E-state index in [0.29, 0.717) is 12.1 Å². The van der Waals surface area contributed by atoms with E-state index >= 15 is 0 Å². The third-order valence-electron chi connectivity index (χ3n) is 4.27. The smallest absolute Gasteiger partial charge is 0.421 e. The fraction of sp³-hybridized carbons (Fsp3) is 0.333. The second kappa shape index (κ2) is 9.66. The van der Waals surface area contributed by atoms with Crippen molar-refractivity contribution in [1.29, 1.82) is 0 Å². The van der Waals surface area contributed by atoms with E-state index in [1.54, 1.807) is 20.8 Å². The third kappa shape index (κ3) is 6.50. The van der Waals surface area contributed by atoms with Crippen LogP contribution in [0.3, 0.4) is 0 Å². The van der Waals surface area contributed by atoms with Gasteiger partial charge in [0.05, 0.1) is 27.2 Å². The predicted octanol–water partition coefficient (Wildman–Crippen LogP) is 7.16. The Morgan fingerprint density at radius 1 is 1.00 bits per heavy atom. The summed E-state index contributed by atoms with van der Waals surface area (Å²) in [4.78, 5) is 24.7. The molecule has 0 fully saturated rings. The number of carbonyl (C=O) groups is 2. The summed E-state index contributed by atoms with van der Waals surface area (Å²) in [6, 6.07) is 4.42. The van der Waals surface area contributed by atoms with Crippen molar-refractivity contribution in [2.24, 2.45) is 0 Å². The number of nitrogens with one attached hydrogen (secondary N) is 1. The Hall–Kier alpha value is -2.07. The number of amides is 1. The zero-order valence-electron chi connectivity index (χ0n) is 17.4. The lowest BCUT2D eigenvalue weighted by atomic mass is 9.86. The van der Waals surface area contributed by atoms with Gasteiger partial charge in [0.15, 0.2) is 17.2 Å². The van der Waals surface area contributed by atoms with Crippen LogP contribution in [0.2, 0.25) is 15.1 Å². The van der Waals surface area contributed by atoms with Crippen LogP contribution in [0.4, 0.5) is 28.0 Å². The maximum Gasteiger partial charge on any atom is 0.421 e. The second-order valence-electron chi connectivity index (χ2n) is 8.03. The van der Waals surface area contributed by atoms with Crippen molar-refractivity contribution in [2.75, 3.05) is 5.32 Å². The Bertz CT molecular complexity index is 1060. The average Bonchev–Trinajstić information content (AvgIpc) is 2.64. The van der Waals surface area contributed by atoms with Crippen molar-refractivity contribution in [2.45, 2.75) is 44.6 Å². The fourth-order valence-electron chi connectivity index (χ4n) is 2.70. The van der Waals surface area contributed by atoms with Crippen LogP contribution in [-0.4, -0.2) is 28.8 Å². The molecule has 5 nitrogen and oxygen atoms in total. The Morgan fingerprint density at radius 3 is 2.03 bits per heavy atom. The highest BCUT2D eigenvalue weighted by Gasteiger charge is 2.56. The summed E-state index contributed by atoms with van der Waals surface area (Å²) in [6.07, 6.45) is -7.74. The van der Waals surface area contributed by atoms with Crippen LogP contribution < -0.4 is 5.32 Å². The van der Waals surface area contributed by atoms with Gasteiger partial charge in [-0.15, -0.1) is 0 Å². The third-order valence-corrected chi connectivity index (χ3v) is 5.15. The van der Waals surface area contributed by atoms with Crippen molar-refractivity contribution in [3.8, 4) is 0 Å². The molecule has 12 heteroatoms. The highest BCUT2D eigenvalue weighted by molar-refractivity contribution is 6.35. The Labute approximate surface area is 201 Å². The summed E-state index contributed by atoms with van der Waals surface area (Å²) in [6.45, 7) is 4.83. The van der Waals surface area contributed by atoms with Crippen molar-refractivity contribution in [1.82, 2.24) is 0 Å². The molecule has 2 rings (SSSR count). The Morgan fingerprint density at radius 2 is 1.55 bits per heavy atom. The number of halogens is 7. The van der Waals surface area contributed by atoms with Crippen LogP contribution in [0.15, 0.2) is 30.3 Å². The van der Waals surface area contributed by atoms with Crippen LogP contribution in [0.25, 0.3) is 0 Å². The molecule has 2 N–H and O–H groups in total. The molecule has 1 unspecified atom stereocenters. The molecule has 0 aliphatic rings. The lowest BCUT2D eigenvalue weighted by Gasteiger charge is -2.31. The van der Waals surface area contributed by atoms with E-state index in [-0.39, 0.29) is 16.3 Å². The Kier molecular flexibility index (Phi) is 7.95. The van der Waals surface area contributed by atoms with Crippen LogP contribution in [-0.2, 0) is 10.3 Å². The maximum absolute atomic E-state index is 13.8. The van der Waals surface area contributed by atoms with Gasteiger partial charge in [-0.25, -0.2) is 9.18 Å². The van der Waals surface area contributed by atoms with E-state index in [9.17, 15) is 32.3 Å². The molecule has 1 atom stereocenters. The summed E-state index contributed by atoms with van der Waals surface area (Å²) < 4.78 is 60.2. The first-order valence-electron chi connectivity index (χ1n) is 9.21. The minimum Gasteiger partial charge on any atom is -0.444 e. The number of alkyl halides is 3. The molecule has 1 amide bonds. The molecule has 0 saturated heterocycles. The van der Waals surface area contributed by atoms with Gasteiger partial charge in [-0.3, -0.25) is 10.1 Å². The molecule has 0 bridgehead atoms. The first-order chi connectivity index (χ1) is 14.9. The van der Waals surface area contributed by atoms with E-state index in [1.165, 1.54) is 6.07 Å². The van der Waals surface area contributed by atoms with Gasteiger partial charge < -0.3 is 9.84 Å². The quantitative estimate of drug-likeness (QED) is 0.244. The molecule has 0 aromatic heterocycles. The van der Waals surface area contributed by atoms with Gasteiger partial charge in [0.25, 0.3) is 0 Å². The number of rotatable bonds is 5. The highest BCUT2D eigenvalue weighted by atomic mass is 35.5. The van der Waals surface area contributed by atoms with Gasteiger partial charge in [0.1, 0.15) is 5.60 Å². The maximum atomic E-state index is 13.8.